The van der Waals surface area contributed by atoms with E-state index in [9.17, 15) is 0 Å². The fraction of sp³-hybridized carbons (Fsp3) is 0.476. The van der Waals surface area contributed by atoms with Crippen LogP contribution in [0, 0.1) is 0 Å². The number of likely N-dealkylation sites (tertiary alicyclic amines) is 1. The van der Waals surface area contributed by atoms with Gasteiger partial charge in [0, 0.05) is 44.6 Å². The van der Waals surface area contributed by atoms with E-state index in [2.05, 4.69) is 61.9 Å². The molecule has 0 radical (unpaired) electrons. The van der Waals surface area contributed by atoms with Crippen LogP contribution in [0.1, 0.15) is 34.9 Å². The first-order chi connectivity index (χ1) is 12.8. The second-order valence-corrected chi connectivity index (χ2v) is 8.14. The van der Waals surface area contributed by atoms with Crippen LogP contribution in [0.15, 0.2) is 46.8 Å². The van der Waals surface area contributed by atoms with Crippen molar-refractivity contribution in [3.8, 4) is 0 Å². The monoisotopic (exact) mass is 368 g/mol. The van der Waals surface area contributed by atoms with E-state index in [4.69, 9.17) is 0 Å². The molecule has 0 amide bonds. The van der Waals surface area contributed by atoms with E-state index in [0.717, 1.165) is 45.1 Å². The Morgan fingerprint density at radius 3 is 2.73 bits per heavy atom. The number of nitrogens with zero attached hydrogens (tertiary/aromatic N) is 3. The summed E-state index contributed by atoms with van der Waals surface area (Å²) in [7, 11) is 1.90. The number of guanidine groups is 1. The standard InChI is InChI=1S/C21H28N4S/c1-22-21(24-11-5-6-12-24)23-15-19(17-7-3-2-4-8-17)25-13-9-20-18(16-25)10-14-26-20/h2-4,7-8,10,14,19H,5-6,9,11-13,15-16H2,1H3,(H,22,23). The predicted octanol–water partition coefficient (Wildman–Crippen LogP) is 3.52. The molecule has 2 aromatic rings. The van der Waals surface area contributed by atoms with Gasteiger partial charge in [0.15, 0.2) is 5.96 Å². The van der Waals surface area contributed by atoms with Crippen molar-refractivity contribution in [2.45, 2.75) is 31.8 Å². The molecule has 2 aliphatic rings. The Balaban J connectivity index is 1.50. The summed E-state index contributed by atoms with van der Waals surface area (Å²) in [5.74, 6) is 1.05. The zero-order valence-corrected chi connectivity index (χ0v) is 16.3. The van der Waals surface area contributed by atoms with Crippen LogP contribution in [0.4, 0.5) is 0 Å². The third-order valence-electron chi connectivity index (χ3n) is 5.53. The van der Waals surface area contributed by atoms with Gasteiger partial charge >= 0.3 is 0 Å². The maximum absolute atomic E-state index is 4.52. The Bertz CT molecular complexity index is 733. The van der Waals surface area contributed by atoms with Gasteiger partial charge in [0.25, 0.3) is 0 Å². The summed E-state index contributed by atoms with van der Waals surface area (Å²) in [4.78, 5) is 11.1. The normalized spacial score (nSPS) is 19.4. The molecule has 0 saturated carbocycles. The molecule has 1 aromatic heterocycles. The Morgan fingerprint density at radius 2 is 1.96 bits per heavy atom. The molecule has 0 bridgehead atoms. The molecule has 1 atom stereocenters. The number of nitrogens with one attached hydrogen (secondary N) is 1. The smallest absolute Gasteiger partial charge is 0.193 e. The number of benzene rings is 1. The van der Waals surface area contributed by atoms with Crippen LogP contribution >= 0.6 is 11.3 Å². The average molecular weight is 369 g/mol. The second-order valence-electron chi connectivity index (χ2n) is 7.14. The highest BCUT2D eigenvalue weighted by Gasteiger charge is 2.26. The summed E-state index contributed by atoms with van der Waals surface area (Å²) in [6.07, 6.45) is 3.71. The van der Waals surface area contributed by atoms with Crippen LogP contribution < -0.4 is 5.32 Å². The molecule has 4 nitrogen and oxygen atoms in total. The lowest BCUT2D eigenvalue weighted by atomic mass is 10.0. The van der Waals surface area contributed by atoms with Crippen LogP contribution in [0.25, 0.3) is 0 Å². The minimum absolute atomic E-state index is 0.364. The highest BCUT2D eigenvalue weighted by Crippen LogP contribution is 2.30. The third kappa shape index (κ3) is 3.79. The van der Waals surface area contributed by atoms with Gasteiger partial charge in [-0.1, -0.05) is 30.3 Å². The van der Waals surface area contributed by atoms with Gasteiger partial charge in [-0.15, -0.1) is 11.3 Å². The molecule has 0 aliphatic carbocycles. The summed E-state index contributed by atoms with van der Waals surface area (Å²) in [6.45, 7) is 5.31. The molecule has 2 aliphatic heterocycles. The fourth-order valence-corrected chi connectivity index (χ4v) is 5.01. The first-order valence-electron chi connectivity index (χ1n) is 9.65. The van der Waals surface area contributed by atoms with Gasteiger partial charge in [0.1, 0.15) is 0 Å². The van der Waals surface area contributed by atoms with Crippen molar-refractivity contribution in [3.63, 3.8) is 0 Å². The summed E-state index contributed by atoms with van der Waals surface area (Å²) < 4.78 is 0. The van der Waals surface area contributed by atoms with E-state index in [1.807, 2.05) is 18.4 Å². The summed E-state index contributed by atoms with van der Waals surface area (Å²) in [5.41, 5.74) is 2.89. The van der Waals surface area contributed by atoms with Gasteiger partial charge in [0.05, 0.1) is 6.04 Å². The molecule has 26 heavy (non-hydrogen) atoms. The molecule has 1 N–H and O–H groups in total. The van der Waals surface area contributed by atoms with E-state index in [1.165, 1.54) is 24.0 Å². The molecule has 4 rings (SSSR count). The fourth-order valence-electron chi connectivity index (χ4n) is 4.12. The summed E-state index contributed by atoms with van der Waals surface area (Å²) in [6, 6.07) is 13.6. The van der Waals surface area contributed by atoms with Gasteiger partial charge in [0.2, 0.25) is 0 Å². The van der Waals surface area contributed by atoms with Gasteiger partial charge < -0.3 is 10.2 Å². The van der Waals surface area contributed by atoms with E-state index in [-0.39, 0.29) is 0 Å². The number of hydrogen-bond acceptors (Lipinski definition) is 3. The predicted molar refractivity (Wildman–Crippen MR) is 110 cm³/mol. The summed E-state index contributed by atoms with van der Waals surface area (Å²) in [5, 5.41) is 5.90. The zero-order chi connectivity index (χ0) is 17.8. The molecule has 1 unspecified atom stereocenters. The number of hydrogen-bond donors (Lipinski definition) is 1. The molecule has 138 valence electrons. The molecule has 3 heterocycles. The van der Waals surface area contributed by atoms with Gasteiger partial charge in [-0.05, 0) is 41.8 Å². The van der Waals surface area contributed by atoms with Gasteiger partial charge in [-0.3, -0.25) is 9.89 Å². The lowest BCUT2D eigenvalue weighted by Gasteiger charge is -2.36. The van der Waals surface area contributed by atoms with Crippen molar-refractivity contribution in [2.24, 2.45) is 4.99 Å². The zero-order valence-electron chi connectivity index (χ0n) is 15.5. The molecule has 0 spiro atoms. The van der Waals surface area contributed by atoms with Crippen LogP contribution in [0.2, 0.25) is 0 Å². The van der Waals surface area contributed by atoms with Crippen molar-refractivity contribution in [3.05, 3.63) is 57.8 Å². The molecule has 1 fully saturated rings. The summed E-state index contributed by atoms with van der Waals surface area (Å²) >= 11 is 1.91. The van der Waals surface area contributed by atoms with Crippen molar-refractivity contribution in [1.82, 2.24) is 15.1 Å². The third-order valence-corrected chi connectivity index (χ3v) is 6.56. The van der Waals surface area contributed by atoms with Gasteiger partial charge in [-0.2, -0.15) is 0 Å². The lowest BCUT2D eigenvalue weighted by Crippen LogP contribution is -2.45. The number of rotatable bonds is 4. The van der Waals surface area contributed by atoms with Gasteiger partial charge in [-0.25, -0.2) is 0 Å². The van der Waals surface area contributed by atoms with E-state index in [0.29, 0.717) is 6.04 Å². The minimum Gasteiger partial charge on any atom is -0.354 e. The number of aliphatic imine (C=N–C) groups is 1. The first-order valence-corrected chi connectivity index (χ1v) is 10.5. The Morgan fingerprint density at radius 1 is 1.15 bits per heavy atom. The van der Waals surface area contributed by atoms with Crippen molar-refractivity contribution >= 4 is 17.3 Å². The Kier molecular flexibility index (Phi) is 5.56. The molecule has 1 saturated heterocycles. The molecular formula is C21H28N4S. The second kappa shape index (κ2) is 8.23. The largest absolute Gasteiger partial charge is 0.354 e. The molecular weight excluding hydrogens is 340 g/mol. The first kappa shape index (κ1) is 17.6. The average Bonchev–Trinajstić information content (AvgIpc) is 3.37. The maximum atomic E-state index is 4.52. The van der Waals surface area contributed by atoms with E-state index < -0.39 is 0 Å². The lowest BCUT2D eigenvalue weighted by molar-refractivity contribution is 0.180. The van der Waals surface area contributed by atoms with Crippen molar-refractivity contribution < 1.29 is 0 Å². The quantitative estimate of drug-likeness (QED) is 0.662. The van der Waals surface area contributed by atoms with E-state index >= 15 is 0 Å². The SMILES string of the molecule is CN=C(NCC(c1ccccc1)N1CCc2sccc2C1)N1CCCC1. The van der Waals surface area contributed by atoms with Crippen LogP contribution in [0.5, 0.6) is 0 Å². The highest BCUT2D eigenvalue weighted by molar-refractivity contribution is 7.10. The number of thiophene rings is 1. The topological polar surface area (TPSA) is 30.9 Å². The maximum Gasteiger partial charge on any atom is 0.193 e. The van der Waals surface area contributed by atoms with Crippen LogP contribution in [-0.2, 0) is 13.0 Å². The van der Waals surface area contributed by atoms with Crippen molar-refractivity contribution in [1.29, 1.82) is 0 Å². The van der Waals surface area contributed by atoms with Crippen LogP contribution in [0.3, 0.4) is 0 Å². The van der Waals surface area contributed by atoms with E-state index in [1.54, 1.807) is 4.88 Å². The Hall–Kier alpha value is -1.85. The van der Waals surface area contributed by atoms with Crippen LogP contribution in [-0.4, -0.2) is 49.0 Å². The highest BCUT2D eigenvalue weighted by atomic mass is 32.1. The molecule has 5 heteroatoms. The Labute approximate surface area is 160 Å². The van der Waals surface area contributed by atoms with Crippen molar-refractivity contribution in [2.75, 3.05) is 33.2 Å². The minimum atomic E-state index is 0.364. The number of fused-ring (bicyclic) bond motifs is 1. The molecule has 1 aromatic carbocycles.